The summed E-state index contributed by atoms with van der Waals surface area (Å²) >= 11 is 0. The van der Waals surface area contributed by atoms with E-state index in [1.807, 2.05) is 20.0 Å². The molecule has 0 spiro atoms. The van der Waals surface area contributed by atoms with E-state index < -0.39 is 0 Å². The van der Waals surface area contributed by atoms with Crippen LogP contribution < -0.4 is 5.73 Å². The SMILES string of the molecule is CC(C)c1cn(-c2ccc(N)cc2F)cn1. The van der Waals surface area contributed by atoms with Gasteiger partial charge in [-0.2, -0.15) is 0 Å². The van der Waals surface area contributed by atoms with Gasteiger partial charge in [0.25, 0.3) is 0 Å². The van der Waals surface area contributed by atoms with E-state index in [1.165, 1.54) is 6.07 Å². The largest absolute Gasteiger partial charge is 0.399 e. The van der Waals surface area contributed by atoms with E-state index in [1.54, 1.807) is 23.0 Å². The molecule has 0 aliphatic heterocycles. The highest BCUT2D eigenvalue weighted by Crippen LogP contribution is 2.18. The highest BCUT2D eigenvalue weighted by atomic mass is 19.1. The number of rotatable bonds is 2. The third kappa shape index (κ3) is 1.91. The molecule has 1 aromatic heterocycles. The lowest BCUT2D eigenvalue weighted by atomic mass is 10.1. The first-order valence-electron chi connectivity index (χ1n) is 5.17. The van der Waals surface area contributed by atoms with Crippen molar-refractivity contribution in [3.05, 3.63) is 42.2 Å². The zero-order valence-corrected chi connectivity index (χ0v) is 9.31. The summed E-state index contributed by atoms with van der Waals surface area (Å²) < 4.78 is 15.3. The Morgan fingerprint density at radius 1 is 1.38 bits per heavy atom. The van der Waals surface area contributed by atoms with Gasteiger partial charge in [-0.05, 0) is 24.1 Å². The molecule has 16 heavy (non-hydrogen) atoms. The van der Waals surface area contributed by atoms with Gasteiger partial charge in [0.2, 0.25) is 0 Å². The van der Waals surface area contributed by atoms with Crippen molar-refractivity contribution in [2.45, 2.75) is 19.8 Å². The Kier molecular flexibility index (Phi) is 2.64. The monoisotopic (exact) mass is 219 g/mol. The summed E-state index contributed by atoms with van der Waals surface area (Å²) in [5.41, 5.74) is 7.32. The number of nitrogens with two attached hydrogens (primary N) is 1. The number of anilines is 1. The first-order valence-corrected chi connectivity index (χ1v) is 5.17. The van der Waals surface area contributed by atoms with Crippen LogP contribution in [0.25, 0.3) is 5.69 Å². The van der Waals surface area contributed by atoms with Gasteiger partial charge in [0, 0.05) is 11.9 Å². The Bertz CT molecular complexity index is 503. The van der Waals surface area contributed by atoms with Crippen molar-refractivity contribution in [3.63, 3.8) is 0 Å². The van der Waals surface area contributed by atoms with Crippen LogP contribution >= 0.6 is 0 Å². The number of hydrogen-bond acceptors (Lipinski definition) is 2. The number of nitrogen functional groups attached to an aromatic ring is 1. The summed E-state index contributed by atoms with van der Waals surface area (Å²) in [4.78, 5) is 4.22. The molecule has 0 atom stereocenters. The summed E-state index contributed by atoms with van der Waals surface area (Å²) in [5.74, 6) is -0.00852. The van der Waals surface area contributed by atoms with E-state index in [0.29, 0.717) is 17.3 Å². The average Bonchev–Trinajstić information content (AvgIpc) is 2.66. The van der Waals surface area contributed by atoms with Crippen molar-refractivity contribution in [2.24, 2.45) is 0 Å². The number of hydrogen-bond donors (Lipinski definition) is 1. The molecule has 2 aromatic rings. The summed E-state index contributed by atoms with van der Waals surface area (Å²) in [6, 6.07) is 4.63. The molecule has 0 amide bonds. The van der Waals surface area contributed by atoms with E-state index in [2.05, 4.69) is 4.98 Å². The maximum atomic E-state index is 13.6. The molecule has 0 fully saturated rings. The van der Waals surface area contributed by atoms with Crippen molar-refractivity contribution in [2.75, 3.05) is 5.73 Å². The molecule has 0 aliphatic rings. The van der Waals surface area contributed by atoms with E-state index in [4.69, 9.17) is 5.73 Å². The van der Waals surface area contributed by atoms with Gasteiger partial charge in [0.1, 0.15) is 5.82 Å². The molecular formula is C12H14FN3. The molecule has 0 aliphatic carbocycles. The van der Waals surface area contributed by atoms with Crippen LogP contribution in [0.4, 0.5) is 10.1 Å². The molecule has 4 heteroatoms. The predicted octanol–water partition coefficient (Wildman–Crippen LogP) is 2.72. The number of halogens is 1. The molecule has 0 radical (unpaired) electrons. The van der Waals surface area contributed by atoms with Crippen LogP contribution in [-0.4, -0.2) is 9.55 Å². The minimum atomic E-state index is -0.340. The van der Waals surface area contributed by atoms with Crippen LogP contribution in [0.15, 0.2) is 30.7 Å². The maximum Gasteiger partial charge on any atom is 0.149 e. The molecule has 3 nitrogen and oxygen atoms in total. The van der Waals surface area contributed by atoms with Crippen molar-refractivity contribution < 1.29 is 4.39 Å². The van der Waals surface area contributed by atoms with Crippen molar-refractivity contribution in [1.29, 1.82) is 0 Å². The first-order chi connectivity index (χ1) is 7.58. The number of aromatic nitrogens is 2. The third-order valence-electron chi connectivity index (χ3n) is 2.44. The number of imidazole rings is 1. The lowest BCUT2D eigenvalue weighted by Crippen LogP contribution is -1.96. The zero-order valence-electron chi connectivity index (χ0n) is 9.31. The zero-order chi connectivity index (χ0) is 11.7. The van der Waals surface area contributed by atoms with Gasteiger partial charge in [-0.3, -0.25) is 0 Å². The normalized spacial score (nSPS) is 11.0. The second-order valence-corrected chi connectivity index (χ2v) is 4.07. The van der Waals surface area contributed by atoms with E-state index in [0.717, 1.165) is 5.69 Å². The van der Waals surface area contributed by atoms with E-state index >= 15 is 0 Å². The second kappa shape index (κ2) is 3.96. The highest BCUT2D eigenvalue weighted by molar-refractivity contribution is 5.46. The fraction of sp³-hybridized carbons (Fsp3) is 0.250. The molecule has 0 saturated heterocycles. The van der Waals surface area contributed by atoms with Gasteiger partial charge in [-0.1, -0.05) is 13.8 Å². The van der Waals surface area contributed by atoms with Gasteiger partial charge < -0.3 is 10.3 Å². The summed E-state index contributed by atoms with van der Waals surface area (Å²) in [6.07, 6.45) is 3.45. The minimum absolute atomic E-state index is 0.332. The van der Waals surface area contributed by atoms with E-state index in [-0.39, 0.29) is 5.82 Å². The molecule has 0 saturated carbocycles. The summed E-state index contributed by atoms with van der Waals surface area (Å²) in [7, 11) is 0. The van der Waals surface area contributed by atoms with Crippen LogP contribution in [0, 0.1) is 5.82 Å². The Hall–Kier alpha value is -1.84. The predicted molar refractivity (Wildman–Crippen MR) is 62.0 cm³/mol. The van der Waals surface area contributed by atoms with Gasteiger partial charge >= 0.3 is 0 Å². The first kappa shape index (κ1) is 10.7. The molecule has 1 aromatic carbocycles. The van der Waals surface area contributed by atoms with Crippen molar-refractivity contribution in [3.8, 4) is 5.69 Å². The Morgan fingerprint density at radius 3 is 2.69 bits per heavy atom. The highest BCUT2D eigenvalue weighted by Gasteiger charge is 2.08. The fourth-order valence-electron chi connectivity index (χ4n) is 1.50. The van der Waals surface area contributed by atoms with Gasteiger partial charge in [0.15, 0.2) is 0 Å². The molecule has 0 unspecified atom stereocenters. The lowest BCUT2D eigenvalue weighted by molar-refractivity contribution is 0.618. The molecule has 2 N–H and O–H groups in total. The molecule has 2 rings (SSSR count). The topological polar surface area (TPSA) is 43.8 Å². The third-order valence-corrected chi connectivity index (χ3v) is 2.44. The summed E-state index contributed by atoms with van der Waals surface area (Å²) in [6.45, 7) is 4.10. The van der Waals surface area contributed by atoms with Gasteiger partial charge in [-0.25, -0.2) is 9.37 Å². The maximum absolute atomic E-state index is 13.6. The lowest BCUT2D eigenvalue weighted by Gasteiger charge is -2.04. The number of nitrogens with zero attached hydrogens (tertiary/aromatic N) is 2. The van der Waals surface area contributed by atoms with Crippen LogP contribution in [0.1, 0.15) is 25.5 Å². The molecule has 84 valence electrons. The van der Waals surface area contributed by atoms with Crippen molar-refractivity contribution in [1.82, 2.24) is 9.55 Å². The molecular weight excluding hydrogens is 205 g/mol. The Morgan fingerprint density at radius 2 is 2.12 bits per heavy atom. The quantitative estimate of drug-likeness (QED) is 0.789. The Labute approximate surface area is 93.7 Å². The standard InChI is InChI=1S/C12H14FN3/c1-8(2)11-6-16(7-15-11)12-4-3-9(14)5-10(12)13/h3-8H,14H2,1-2H3. The smallest absolute Gasteiger partial charge is 0.149 e. The van der Waals surface area contributed by atoms with Crippen LogP contribution in [0.5, 0.6) is 0 Å². The number of benzene rings is 1. The minimum Gasteiger partial charge on any atom is -0.399 e. The van der Waals surface area contributed by atoms with Gasteiger partial charge in [-0.15, -0.1) is 0 Å². The van der Waals surface area contributed by atoms with Gasteiger partial charge in [0.05, 0.1) is 17.7 Å². The van der Waals surface area contributed by atoms with Crippen LogP contribution in [-0.2, 0) is 0 Å². The molecule has 0 bridgehead atoms. The van der Waals surface area contributed by atoms with Crippen molar-refractivity contribution >= 4 is 5.69 Å². The van der Waals surface area contributed by atoms with E-state index in [9.17, 15) is 4.39 Å². The molecule has 1 heterocycles. The van der Waals surface area contributed by atoms with Crippen LogP contribution in [0.3, 0.4) is 0 Å². The Balaban J connectivity index is 2.42. The fourth-order valence-corrected chi connectivity index (χ4v) is 1.50. The van der Waals surface area contributed by atoms with Crippen LogP contribution in [0.2, 0.25) is 0 Å². The summed E-state index contributed by atoms with van der Waals surface area (Å²) in [5, 5.41) is 0. The average molecular weight is 219 g/mol. The second-order valence-electron chi connectivity index (χ2n) is 4.07.